The molecular formula is C21H24N2O3. The van der Waals surface area contributed by atoms with Gasteiger partial charge in [-0.25, -0.2) is 0 Å². The van der Waals surface area contributed by atoms with E-state index < -0.39 is 6.10 Å². The lowest BCUT2D eigenvalue weighted by Gasteiger charge is -2.34. The summed E-state index contributed by atoms with van der Waals surface area (Å²) in [5, 5.41) is 0. The Morgan fingerprint density at radius 3 is 2.58 bits per heavy atom. The predicted octanol–water partition coefficient (Wildman–Crippen LogP) is 3.47. The van der Waals surface area contributed by atoms with Gasteiger partial charge in [-0.05, 0) is 63.1 Å². The van der Waals surface area contributed by atoms with E-state index in [2.05, 4.69) is 0 Å². The molecule has 0 aromatic heterocycles. The normalized spacial score (nSPS) is 16.1. The van der Waals surface area contributed by atoms with E-state index in [1.807, 2.05) is 63.2 Å². The lowest BCUT2D eigenvalue weighted by atomic mass is 10.1. The minimum atomic E-state index is -0.605. The highest BCUT2D eigenvalue weighted by Gasteiger charge is 2.33. The van der Waals surface area contributed by atoms with Crippen molar-refractivity contribution in [2.45, 2.75) is 33.8 Å². The molecule has 1 atom stereocenters. The molecule has 3 rings (SSSR count). The highest BCUT2D eigenvalue weighted by atomic mass is 16.5. The van der Waals surface area contributed by atoms with Crippen molar-refractivity contribution in [3.05, 3.63) is 53.6 Å². The standard InChI is InChI=1S/C21H24N2O3/c1-5-22(17-8-6-7-14(2)11-17)20(24)13-23-18-12-15(3)9-10-19(18)26-16(4)21(23)25/h6-12,16H,5,13H2,1-4H3. The molecule has 1 aliphatic heterocycles. The Labute approximate surface area is 154 Å². The summed E-state index contributed by atoms with van der Waals surface area (Å²) >= 11 is 0. The summed E-state index contributed by atoms with van der Waals surface area (Å²) in [5.41, 5.74) is 3.60. The zero-order valence-electron chi connectivity index (χ0n) is 15.7. The van der Waals surface area contributed by atoms with Gasteiger partial charge in [-0.3, -0.25) is 14.5 Å². The maximum atomic E-state index is 13.0. The first-order valence-electron chi connectivity index (χ1n) is 8.86. The lowest BCUT2D eigenvalue weighted by Crippen LogP contribution is -2.49. The number of ether oxygens (including phenoxy) is 1. The van der Waals surface area contributed by atoms with E-state index in [0.717, 1.165) is 16.8 Å². The molecule has 0 saturated carbocycles. The Morgan fingerprint density at radius 1 is 1.15 bits per heavy atom. The highest BCUT2D eigenvalue weighted by Crippen LogP contribution is 2.34. The van der Waals surface area contributed by atoms with Gasteiger partial charge in [0.25, 0.3) is 5.91 Å². The van der Waals surface area contributed by atoms with Crippen LogP contribution >= 0.6 is 0 Å². The second kappa shape index (κ2) is 7.20. The van der Waals surface area contributed by atoms with E-state index in [1.165, 1.54) is 4.90 Å². The summed E-state index contributed by atoms with van der Waals surface area (Å²) in [7, 11) is 0. The molecule has 1 aliphatic rings. The summed E-state index contributed by atoms with van der Waals surface area (Å²) in [4.78, 5) is 28.9. The Morgan fingerprint density at radius 2 is 1.88 bits per heavy atom. The van der Waals surface area contributed by atoms with Crippen molar-refractivity contribution in [2.24, 2.45) is 0 Å². The number of hydrogen-bond acceptors (Lipinski definition) is 3. The summed E-state index contributed by atoms with van der Waals surface area (Å²) in [5.74, 6) is 0.318. The van der Waals surface area contributed by atoms with Gasteiger partial charge >= 0.3 is 0 Å². The number of rotatable bonds is 4. The fourth-order valence-corrected chi connectivity index (χ4v) is 3.20. The van der Waals surface area contributed by atoms with E-state index in [9.17, 15) is 9.59 Å². The molecule has 0 N–H and O–H groups in total. The van der Waals surface area contributed by atoms with E-state index in [0.29, 0.717) is 18.0 Å². The average molecular weight is 352 g/mol. The molecule has 0 radical (unpaired) electrons. The van der Waals surface area contributed by atoms with E-state index >= 15 is 0 Å². The second-order valence-electron chi connectivity index (χ2n) is 6.63. The first kappa shape index (κ1) is 18.0. The number of aryl methyl sites for hydroxylation is 2. The molecule has 0 saturated heterocycles. The number of carbonyl (C=O) groups is 2. The van der Waals surface area contributed by atoms with Gasteiger partial charge < -0.3 is 9.64 Å². The molecular weight excluding hydrogens is 328 g/mol. The van der Waals surface area contributed by atoms with Crippen molar-refractivity contribution >= 4 is 23.2 Å². The van der Waals surface area contributed by atoms with Crippen LogP contribution in [0.1, 0.15) is 25.0 Å². The molecule has 2 aromatic carbocycles. The van der Waals surface area contributed by atoms with Gasteiger partial charge in [0.2, 0.25) is 5.91 Å². The zero-order chi connectivity index (χ0) is 18.8. The van der Waals surface area contributed by atoms with Crippen LogP contribution in [0.15, 0.2) is 42.5 Å². The van der Waals surface area contributed by atoms with Gasteiger partial charge in [-0.1, -0.05) is 18.2 Å². The Balaban J connectivity index is 1.90. The van der Waals surface area contributed by atoms with Crippen LogP contribution in [-0.2, 0) is 9.59 Å². The van der Waals surface area contributed by atoms with E-state index in [4.69, 9.17) is 4.74 Å². The Hall–Kier alpha value is -2.82. The van der Waals surface area contributed by atoms with Crippen LogP contribution < -0.4 is 14.5 Å². The third-order valence-electron chi connectivity index (χ3n) is 4.55. The maximum Gasteiger partial charge on any atom is 0.268 e. The quantitative estimate of drug-likeness (QED) is 0.847. The van der Waals surface area contributed by atoms with Gasteiger partial charge in [-0.2, -0.15) is 0 Å². The molecule has 0 aliphatic carbocycles. The number of carbonyl (C=O) groups excluding carboxylic acids is 2. The number of nitrogens with zero attached hydrogens (tertiary/aromatic N) is 2. The van der Waals surface area contributed by atoms with Crippen LogP contribution in [0.3, 0.4) is 0 Å². The van der Waals surface area contributed by atoms with Crippen molar-refractivity contribution in [3.8, 4) is 5.75 Å². The molecule has 2 aromatic rings. The number of likely N-dealkylation sites (N-methyl/N-ethyl adjacent to an activating group) is 1. The molecule has 5 heteroatoms. The van der Waals surface area contributed by atoms with Crippen LogP contribution in [0.4, 0.5) is 11.4 Å². The average Bonchev–Trinajstić information content (AvgIpc) is 2.60. The molecule has 2 amide bonds. The molecule has 5 nitrogen and oxygen atoms in total. The number of hydrogen-bond donors (Lipinski definition) is 0. The highest BCUT2D eigenvalue weighted by molar-refractivity contribution is 6.06. The van der Waals surface area contributed by atoms with Crippen LogP contribution in [0, 0.1) is 13.8 Å². The molecule has 26 heavy (non-hydrogen) atoms. The largest absolute Gasteiger partial charge is 0.479 e. The molecule has 136 valence electrons. The minimum Gasteiger partial charge on any atom is -0.479 e. The van der Waals surface area contributed by atoms with Gasteiger partial charge in [-0.15, -0.1) is 0 Å². The first-order chi connectivity index (χ1) is 12.4. The van der Waals surface area contributed by atoms with E-state index in [1.54, 1.807) is 11.8 Å². The van der Waals surface area contributed by atoms with Gasteiger partial charge in [0.15, 0.2) is 6.10 Å². The fraction of sp³-hybridized carbons (Fsp3) is 0.333. The predicted molar refractivity (Wildman–Crippen MR) is 103 cm³/mol. The van der Waals surface area contributed by atoms with Crippen molar-refractivity contribution in [3.63, 3.8) is 0 Å². The Kier molecular flexibility index (Phi) is 4.98. The van der Waals surface area contributed by atoms with Gasteiger partial charge in [0.05, 0.1) is 5.69 Å². The number of benzene rings is 2. The summed E-state index contributed by atoms with van der Waals surface area (Å²) in [6.45, 7) is 8.12. The van der Waals surface area contributed by atoms with Crippen LogP contribution in [-0.4, -0.2) is 31.0 Å². The number of anilines is 2. The number of fused-ring (bicyclic) bond motifs is 1. The van der Waals surface area contributed by atoms with E-state index in [-0.39, 0.29) is 18.4 Å². The fourth-order valence-electron chi connectivity index (χ4n) is 3.20. The lowest BCUT2D eigenvalue weighted by molar-refractivity contribution is -0.127. The third kappa shape index (κ3) is 3.43. The Bertz CT molecular complexity index is 847. The van der Waals surface area contributed by atoms with Crippen molar-refractivity contribution < 1.29 is 14.3 Å². The smallest absolute Gasteiger partial charge is 0.268 e. The first-order valence-corrected chi connectivity index (χ1v) is 8.86. The molecule has 0 spiro atoms. The van der Waals surface area contributed by atoms with Crippen LogP contribution in [0.25, 0.3) is 0 Å². The SMILES string of the molecule is CCN(C(=O)CN1C(=O)C(C)Oc2ccc(C)cc21)c1cccc(C)c1. The van der Waals surface area contributed by atoms with Crippen LogP contribution in [0.2, 0.25) is 0 Å². The monoisotopic (exact) mass is 352 g/mol. The zero-order valence-corrected chi connectivity index (χ0v) is 15.7. The molecule has 1 heterocycles. The summed E-state index contributed by atoms with van der Waals surface area (Å²) < 4.78 is 5.68. The summed E-state index contributed by atoms with van der Waals surface area (Å²) in [6, 6.07) is 13.5. The van der Waals surface area contributed by atoms with Crippen LogP contribution in [0.5, 0.6) is 5.75 Å². The summed E-state index contributed by atoms with van der Waals surface area (Å²) in [6.07, 6.45) is -0.605. The van der Waals surface area contributed by atoms with Gasteiger partial charge in [0, 0.05) is 12.2 Å². The minimum absolute atomic E-state index is 0.00916. The van der Waals surface area contributed by atoms with Crippen molar-refractivity contribution in [1.82, 2.24) is 0 Å². The third-order valence-corrected chi connectivity index (χ3v) is 4.55. The molecule has 0 bridgehead atoms. The van der Waals surface area contributed by atoms with Gasteiger partial charge in [0.1, 0.15) is 12.3 Å². The second-order valence-corrected chi connectivity index (χ2v) is 6.63. The number of amides is 2. The van der Waals surface area contributed by atoms with Crippen molar-refractivity contribution in [1.29, 1.82) is 0 Å². The topological polar surface area (TPSA) is 49.9 Å². The molecule has 1 unspecified atom stereocenters. The maximum absolute atomic E-state index is 13.0. The molecule has 0 fully saturated rings. The van der Waals surface area contributed by atoms with Crippen molar-refractivity contribution in [2.75, 3.05) is 22.9 Å².